The third-order valence-corrected chi connectivity index (χ3v) is 5.25. The lowest BCUT2D eigenvalue weighted by Gasteiger charge is -2.32. The van der Waals surface area contributed by atoms with E-state index in [1.807, 2.05) is 0 Å². The smallest absolute Gasteiger partial charge is 0.349 e. The molecule has 9 heteroatoms. The Labute approximate surface area is 173 Å². The SMILES string of the molecule is O=C(NC1CCN(C(=O)c2ccccc2F)CC1)c1ccc(Br)cc1C(F)(F)F. The van der Waals surface area contributed by atoms with Gasteiger partial charge in [-0.2, -0.15) is 13.2 Å². The van der Waals surface area contributed by atoms with Crippen LogP contribution < -0.4 is 5.32 Å². The Balaban J connectivity index is 1.64. The van der Waals surface area contributed by atoms with Crippen LogP contribution in [0.25, 0.3) is 0 Å². The van der Waals surface area contributed by atoms with Gasteiger partial charge in [0.25, 0.3) is 11.8 Å². The Hall–Kier alpha value is -2.42. The van der Waals surface area contributed by atoms with E-state index in [-0.39, 0.29) is 29.2 Å². The summed E-state index contributed by atoms with van der Waals surface area (Å²) < 4.78 is 53.7. The summed E-state index contributed by atoms with van der Waals surface area (Å²) in [5.41, 5.74) is -1.50. The second-order valence-electron chi connectivity index (χ2n) is 6.71. The molecule has 1 aliphatic heterocycles. The molecule has 0 saturated carbocycles. The molecule has 3 rings (SSSR count). The van der Waals surface area contributed by atoms with E-state index < -0.39 is 34.9 Å². The third kappa shape index (κ3) is 4.95. The van der Waals surface area contributed by atoms with Gasteiger partial charge in [-0.25, -0.2) is 4.39 Å². The van der Waals surface area contributed by atoms with Gasteiger partial charge in [-0.15, -0.1) is 0 Å². The van der Waals surface area contributed by atoms with Gasteiger partial charge in [-0.3, -0.25) is 9.59 Å². The first-order valence-electron chi connectivity index (χ1n) is 8.88. The van der Waals surface area contributed by atoms with E-state index in [0.717, 1.165) is 12.1 Å². The first kappa shape index (κ1) is 21.3. The van der Waals surface area contributed by atoms with E-state index in [1.54, 1.807) is 6.07 Å². The molecule has 154 valence electrons. The number of hydrogen-bond donors (Lipinski definition) is 1. The number of alkyl halides is 3. The lowest BCUT2D eigenvalue weighted by atomic mass is 10.0. The van der Waals surface area contributed by atoms with E-state index in [1.165, 1.54) is 29.2 Å². The maximum Gasteiger partial charge on any atom is 0.417 e. The van der Waals surface area contributed by atoms with Crippen molar-refractivity contribution in [1.82, 2.24) is 10.2 Å². The standard InChI is InChI=1S/C20H17BrF4N2O2/c21-12-5-6-14(16(11-12)20(23,24)25)18(28)26-13-7-9-27(10-8-13)19(29)15-3-1-2-4-17(15)22/h1-6,11,13H,7-10H2,(H,26,28). The van der Waals surface area contributed by atoms with E-state index in [2.05, 4.69) is 21.2 Å². The largest absolute Gasteiger partial charge is 0.417 e. The van der Waals surface area contributed by atoms with Gasteiger partial charge in [-0.05, 0) is 43.2 Å². The highest BCUT2D eigenvalue weighted by Crippen LogP contribution is 2.34. The minimum atomic E-state index is -4.66. The van der Waals surface area contributed by atoms with Gasteiger partial charge in [0.05, 0.1) is 16.7 Å². The van der Waals surface area contributed by atoms with Crippen molar-refractivity contribution in [2.24, 2.45) is 0 Å². The van der Waals surface area contributed by atoms with Crippen molar-refractivity contribution in [3.05, 3.63) is 69.4 Å². The average molecular weight is 473 g/mol. The molecule has 1 saturated heterocycles. The predicted molar refractivity (Wildman–Crippen MR) is 102 cm³/mol. The predicted octanol–water partition coefficient (Wildman–Crippen LogP) is 4.64. The van der Waals surface area contributed by atoms with Crippen molar-refractivity contribution < 1.29 is 27.2 Å². The second-order valence-corrected chi connectivity index (χ2v) is 7.62. The minimum Gasteiger partial charge on any atom is -0.349 e. The molecule has 0 bridgehead atoms. The van der Waals surface area contributed by atoms with Crippen LogP contribution in [0.1, 0.15) is 39.1 Å². The fraction of sp³-hybridized carbons (Fsp3) is 0.300. The van der Waals surface area contributed by atoms with E-state index >= 15 is 0 Å². The minimum absolute atomic E-state index is 0.0281. The number of benzene rings is 2. The molecule has 2 aromatic carbocycles. The van der Waals surface area contributed by atoms with Gasteiger partial charge < -0.3 is 10.2 Å². The van der Waals surface area contributed by atoms with Crippen LogP contribution in [0.15, 0.2) is 46.9 Å². The Morgan fingerprint density at radius 3 is 2.31 bits per heavy atom. The summed E-state index contributed by atoms with van der Waals surface area (Å²) in [5.74, 6) is -1.87. The summed E-state index contributed by atoms with van der Waals surface area (Å²) in [5, 5.41) is 2.61. The van der Waals surface area contributed by atoms with Crippen molar-refractivity contribution in [1.29, 1.82) is 0 Å². The first-order chi connectivity index (χ1) is 13.7. The summed E-state index contributed by atoms with van der Waals surface area (Å²) in [7, 11) is 0. The number of halogens is 5. The van der Waals surface area contributed by atoms with Crippen LogP contribution in [0.2, 0.25) is 0 Å². The number of likely N-dealkylation sites (tertiary alicyclic amines) is 1. The number of nitrogens with one attached hydrogen (secondary N) is 1. The van der Waals surface area contributed by atoms with Crippen LogP contribution in [0.5, 0.6) is 0 Å². The quantitative estimate of drug-likeness (QED) is 0.661. The summed E-state index contributed by atoms with van der Waals surface area (Å²) in [6, 6.07) is 8.65. The Morgan fingerprint density at radius 1 is 1.03 bits per heavy atom. The maximum absolute atomic E-state index is 13.8. The number of amides is 2. The molecule has 1 heterocycles. The van der Waals surface area contributed by atoms with Gasteiger partial charge in [0.15, 0.2) is 0 Å². The van der Waals surface area contributed by atoms with Gasteiger partial charge in [-0.1, -0.05) is 28.1 Å². The molecule has 1 N–H and O–H groups in total. The molecule has 0 spiro atoms. The highest BCUT2D eigenvalue weighted by molar-refractivity contribution is 9.10. The number of rotatable bonds is 3. The van der Waals surface area contributed by atoms with Gasteiger partial charge >= 0.3 is 6.18 Å². The number of hydrogen-bond acceptors (Lipinski definition) is 2. The number of carbonyl (C=O) groups excluding carboxylic acids is 2. The Morgan fingerprint density at radius 2 is 1.69 bits per heavy atom. The van der Waals surface area contributed by atoms with Crippen molar-refractivity contribution in [3.8, 4) is 0 Å². The molecule has 4 nitrogen and oxygen atoms in total. The van der Waals surface area contributed by atoms with Crippen LogP contribution in [-0.4, -0.2) is 35.8 Å². The van der Waals surface area contributed by atoms with Crippen LogP contribution >= 0.6 is 15.9 Å². The zero-order valence-corrected chi connectivity index (χ0v) is 16.7. The van der Waals surface area contributed by atoms with E-state index in [0.29, 0.717) is 12.8 Å². The normalized spacial score (nSPS) is 15.3. The van der Waals surface area contributed by atoms with E-state index in [9.17, 15) is 27.2 Å². The summed E-state index contributed by atoms with van der Waals surface area (Å²) in [6.45, 7) is 0.537. The molecular weight excluding hydrogens is 456 g/mol. The van der Waals surface area contributed by atoms with Crippen LogP contribution in [0.4, 0.5) is 17.6 Å². The zero-order valence-electron chi connectivity index (χ0n) is 15.1. The van der Waals surface area contributed by atoms with Crippen LogP contribution in [-0.2, 0) is 6.18 Å². The summed E-state index contributed by atoms with van der Waals surface area (Å²) in [4.78, 5) is 26.3. The van der Waals surface area contributed by atoms with Gasteiger partial charge in [0.2, 0.25) is 0 Å². The van der Waals surface area contributed by atoms with Crippen LogP contribution in [0.3, 0.4) is 0 Å². The molecule has 1 aliphatic rings. The topological polar surface area (TPSA) is 49.4 Å². The third-order valence-electron chi connectivity index (χ3n) is 4.75. The summed E-state index contributed by atoms with van der Waals surface area (Å²) >= 11 is 2.98. The van der Waals surface area contributed by atoms with Gasteiger partial charge in [0.1, 0.15) is 5.82 Å². The lowest BCUT2D eigenvalue weighted by Crippen LogP contribution is -2.47. The summed E-state index contributed by atoms with van der Waals surface area (Å²) in [6.07, 6.45) is -3.93. The molecule has 1 fully saturated rings. The maximum atomic E-state index is 13.8. The first-order valence-corrected chi connectivity index (χ1v) is 9.67. The highest BCUT2D eigenvalue weighted by Gasteiger charge is 2.36. The molecule has 0 atom stereocenters. The number of nitrogens with zero attached hydrogens (tertiary/aromatic N) is 1. The molecule has 0 radical (unpaired) electrons. The number of piperidine rings is 1. The molecular formula is C20H17BrF4N2O2. The zero-order chi connectivity index (χ0) is 21.2. The van der Waals surface area contributed by atoms with Crippen molar-refractivity contribution in [2.75, 3.05) is 13.1 Å². The fourth-order valence-corrected chi connectivity index (χ4v) is 3.61. The number of carbonyl (C=O) groups is 2. The lowest BCUT2D eigenvalue weighted by molar-refractivity contribution is -0.138. The molecule has 2 aromatic rings. The van der Waals surface area contributed by atoms with Crippen LogP contribution in [0, 0.1) is 5.82 Å². The highest BCUT2D eigenvalue weighted by atomic mass is 79.9. The Bertz CT molecular complexity index is 925. The molecule has 29 heavy (non-hydrogen) atoms. The average Bonchev–Trinajstić information content (AvgIpc) is 2.67. The Kier molecular flexibility index (Phi) is 6.26. The van der Waals surface area contributed by atoms with Crippen molar-refractivity contribution in [2.45, 2.75) is 25.1 Å². The molecule has 0 aliphatic carbocycles. The van der Waals surface area contributed by atoms with Gasteiger partial charge in [0, 0.05) is 23.6 Å². The van der Waals surface area contributed by atoms with Crippen molar-refractivity contribution in [3.63, 3.8) is 0 Å². The monoisotopic (exact) mass is 472 g/mol. The van der Waals surface area contributed by atoms with E-state index in [4.69, 9.17) is 0 Å². The molecule has 0 unspecified atom stereocenters. The van der Waals surface area contributed by atoms with Crippen molar-refractivity contribution >= 4 is 27.7 Å². The molecule has 2 amide bonds. The fourth-order valence-electron chi connectivity index (χ4n) is 3.24. The second kappa shape index (κ2) is 8.52. The molecule has 0 aromatic heterocycles.